The largest absolute Gasteiger partial charge is 0.478 e. The molecule has 21 heavy (non-hydrogen) atoms. The summed E-state index contributed by atoms with van der Waals surface area (Å²) in [6.07, 6.45) is -4.13. The molecule has 1 aromatic heterocycles. The van der Waals surface area contributed by atoms with Gasteiger partial charge in [0.15, 0.2) is 5.69 Å². The lowest BCUT2D eigenvalue weighted by Gasteiger charge is -2.05. The van der Waals surface area contributed by atoms with Crippen molar-refractivity contribution in [2.75, 3.05) is 0 Å². The van der Waals surface area contributed by atoms with Crippen LogP contribution >= 0.6 is 11.6 Å². The number of alkyl halides is 3. The Morgan fingerprint density at radius 3 is 2.52 bits per heavy atom. The van der Waals surface area contributed by atoms with Crippen molar-refractivity contribution < 1.29 is 27.5 Å². The highest BCUT2D eigenvalue weighted by Gasteiger charge is 2.39. The molecule has 0 aliphatic carbocycles. The molecule has 0 atom stereocenters. The molecule has 0 saturated carbocycles. The first-order chi connectivity index (χ1) is 9.68. The van der Waals surface area contributed by atoms with E-state index >= 15 is 0 Å². The number of benzene rings is 1. The van der Waals surface area contributed by atoms with E-state index in [-0.39, 0.29) is 11.6 Å². The summed E-state index contributed by atoms with van der Waals surface area (Å²) >= 11 is 5.76. The molecule has 0 fully saturated rings. The monoisotopic (exact) mass is 322 g/mol. The van der Waals surface area contributed by atoms with Crippen molar-refractivity contribution in [3.05, 3.63) is 52.1 Å². The topological polar surface area (TPSA) is 55.1 Å². The zero-order valence-corrected chi connectivity index (χ0v) is 10.9. The molecule has 2 rings (SSSR count). The summed E-state index contributed by atoms with van der Waals surface area (Å²) in [5.74, 6) is -2.33. The minimum absolute atomic E-state index is 0.0101. The summed E-state index contributed by atoms with van der Waals surface area (Å²) in [6, 6.07) is 3.38. The second-order valence-corrected chi connectivity index (χ2v) is 4.53. The Kier molecular flexibility index (Phi) is 3.91. The number of hydrogen-bond donors (Lipinski definition) is 1. The Hall–Kier alpha value is -2.09. The van der Waals surface area contributed by atoms with Gasteiger partial charge in [-0.25, -0.2) is 9.18 Å². The first-order valence-corrected chi connectivity index (χ1v) is 5.88. The van der Waals surface area contributed by atoms with Gasteiger partial charge in [-0.05, 0) is 17.7 Å². The third-order valence-corrected chi connectivity index (χ3v) is 2.96. The van der Waals surface area contributed by atoms with Crippen LogP contribution in [0.4, 0.5) is 17.6 Å². The SMILES string of the molecule is O=C(O)c1cn(Cc2ccc(F)cc2Cl)nc1C(F)(F)F. The van der Waals surface area contributed by atoms with Gasteiger partial charge in [0.25, 0.3) is 0 Å². The van der Waals surface area contributed by atoms with Crippen molar-refractivity contribution in [1.82, 2.24) is 9.78 Å². The molecule has 112 valence electrons. The van der Waals surface area contributed by atoms with Gasteiger partial charge in [0.05, 0.1) is 6.54 Å². The Labute approximate surface area is 120 Å². The lowest BCUT2D eigenvalue weighted by Crippen LogP contribution is -2.12. The first-order valence-electron chi connectivity index (χ1n) is 5.50. The number of carbonyl (C=O) groups is 1. The van der Waals surface area contributed by atoms with Gasteiger partial charge in [0.2, 0.25) is 0 Å². The minimum Gasteiger partial charge on any atom is -0.478 e. The molecule has 1 N–H and O–H groups in total. The number of aromatic nitrogens is 2. The highest BCUT2D eigenvalue weighted by Crippen LogP contribution is 2.31. The molecule has 0 saturated heterocycles. The van der Waals surface area contributed by atoms with E-state index < -0.39 is 29.2 Å². The third kappa shape index (κ3) is 3.33. The van der Waals surface area contributed by atoms with Crippen molar-refractivity contribution in [3.8, 4) is 0 Å². The van der Waals surface area contributed by atoms with Crippen LogP contribution in [0.5, 0.6) is 0 Å². The second kappa shape index (κ2) is 5.36. The highest BCUT2D eigenvalue weighted by atomic mass is 35.5. The molecule has 0 spiro atoms. The van der Waals surface area contributed by atoms with E-state index in [0.717, 1.165) is 23.0 Å². The van der Waals surface area contributed by atoms with Crippen LogP contribution in [-0.2, 0) is 12.7 Å². The number of carboxylic acid groups (broad SMARTS) is 1. The summed E-state index contributed by atoms with van der Waals surface area (Å²) in [4.78, 5) is 10.8. The predicted octanol–water partition coefficient (Wildman–Crippen LogP) is 3.44. The van der Waals surface area contributed by atoms with E-state index in [4.69, 9.17) is 16.7 Å². The van der Waals surface area contributed by atoms with Crippen LogP contribution in [-0.4, -0.2) is 20.9 Å². The number of nitrogens with zero attached hydrogens (tertiary/aromatic N) is 2. The molecular weight excluding hydrogens is 316 g/mol. The molecule has 0 aliphatic rings. The molecule has 0 radical (unpaired) electrons. The van der Waals surface area contributed by atoms with E-state index in [1.54, 1.807) is 0 Å². The van der Waals surface area contributed by atoms with Gasteiger partial charge in [-0.3, -0.25) is 4.68 Å². The van der Waals surface area contributed by atoms with Gasteiger partial charge in [0.1, 0.15) is 11.4 Å². The molecule has 2 aromatic rings. The fourth-order valence-corrected chi connectivity index (χ4v) is 1.92. The van der Waals surface area contributed by atoms with Crippen LogP contribution in [0, 0.1) is 5.82 Å². The Balaban J connectivity index is 2.39. The van der Waals surface area contributed by atoms with Crippen LogP contribution in [0.2, 0.25) is 5.02 Å². The predicted molar refractivity (Wildman–Crippen MR) is 64.7 cm³/mol. The average molecular weight is 323 g/mol. The smallest absolute Gasteiger partial charge is 0.436 e. The standard InChI is InChI=1S/C12H7ClF4N2O2/c13-9-3-7(14)2-1-6(9)4-19-5-8(11(20)21)10(18-19)12(15,16)17/h1-3,5H,4H2,(H,20,21). The van der Waals surface area contributed by atoms with Gasteiger partial charge < -0.3 is 5.11 Å². The van der Waals surface area contributed by atoms with Crippen LogP contribution < -0.4 is 0 Å². The van der Waals surface area contributed by atoms with Crippen molar-refractivity contribution in [3.63, 3.8) is 0 Å². The maximum absolute atomic E-state index is 12.9. The number of hydrogen-bond acceptors (Lipinski definition) is 2. The number of halogens is 5. The summed E-state index contributed by atoms with van der Waals surface area (Å²) in [5.41, 5.74) is -2.14. The number of carboxylic acids is 1. The second-order valence-electron chi connectivity index (χ2n) is 4.13. The van der Waals surface area contributed by atoms with Gasteiger partial charge in [0, 0.05) is 11.2 Å². The van der Waals surface area contributed by atoms with E-state index in [0.29, 0.717) is 5.56 Å². The van der Waals surface area contributed by atoms with Crippen molar-refractivity contribution in [2.24, 2.45) is 0 Å². The summed E-state index contributed by atoms with van der Waals surface area (Å²) in [6.45, 7) is -0.213. The molecular formula is C12H7ClF4N2O2. The van der Waals surface area contributed by atoms with E-state index in [1.807, 2.05) is 0 Å². The third-order valence-electron chi connectivity index (χ3n) is 2.61. The molecule has 0 unspecified atom stereocenters. The summed E-state index contributed by atoms with van der Waals surface area (Å²) in [7, 11) is 0. The van der Waals surface area contributed by atoms with E-state index in [9.17, 15) is 22.4 Å². The lowest BCUT2D eigenvalue weighted by molar-refractivity contribution is -0.142. The van der Waals surface area contributed by atoms with Crippen LogP contribution in [0.15, 0.2) is 24.4 Å². The molecule has 0 aliphatic heterocycles. The molecule has 1 heterocycles. The van der Waals surface area contributed by atoms with Gasteiger partial charge in [-0.2, -0.15) is 18.3 Å². The maximum Gasteiger partial charge on any atom is 0.436 e. The van der Waals surface area contributed by atoms with Crippen LogP contribution in [0.1, 0.15) is 21.6 Å². The zero-order valence-electron chi connectivity index (χ0n) is 10.2. The van der Waals surface area contributed by atoms with Crippen molar-refractivity contribution >= 4 is 17.6 Å². The average Bonchev–Trinajstić information content (AvgIpc) is 2.77. The quantitative estimate of drug-likeness (QED) is 0.881. The van der Waals surface area contributed by atoms with Crippen molar-refractivity contribution in [1.29, 1.82) is 0 Å². The van der Waals surface area contributed by atoms with Gasteiger partial charge in [-0.15, -0.1) is 0 Å². The fraction of sp³-hybridized carbons (Fsp3) is 0.167. The molecule has 0 amide bonds. The normalized spacial score (nSPS) is 11.7. The van der Waals surface area contributed by atoms with E-state index in [2.05, 4.69) is 5.10 Å². The van der Waals surface area contributed by atoms with Gasteiger partial charge >= 0.3 is 12.1 Å². The molecule has 1 aromatic carbocycles. The van der Waals surface area contributed by atoms with Gasteiger partial charge in [-0.1, -0.05) is 17.7 Å². The highest BCUT2D eigenvalue weighted by molar-refractivity contribution is 6.31. The Bertz CT molecular complexity index is 697. The lowest BCUT2D eigenvalue weighted by atomic mass is 10.2. The molecule has 0 bridgehead atoms. The summed E-state index contributed by atoms with van der Waals surface area (Å²) in [5, 5.41) is 12.0. The van der Waals surface area contributed by atoms with Crippen LogP contribution in [0.25, 0.3) is 0 Å². The Morgan fingerprint density at radius 2 is 2.05 bits per heavy atom. The molecule has 4 nitrogen and oxygen atoms in total. The van der Waals surface area contributed by atoms with E-state index in [1.165, 1.54) is 6.07 Å². The minimum atomic E-state index is -4.88. The van der Waals surface area contributed by atoms with Crippen LogP contribution in [0.3, 0.4) is 0 Å². The molecule has 9 heteroatoms. The van der Waals surface area contributed by atoms with Crippen molar-refractivity contribution in [2.45, 2.75) is 12.7 Å². The fourth-order valence-electron chi connectivity index (χ4n) is 1.69. The number of rotatable bonds is 3. The summed E-state index contributed by atoms with van der Waals surface area (Å²) < 4.78 is 51.7. The zero-order chi connectivity index (χ0) is 15.8. The maximum atomic E-state index is 12.9. The Morgan fingerprint density at radius 1 is 1.38 bits per heavy atom. The number of aromatic carboxylic acids is 1. The first kappa shape index (κ1) is 15.3.